The van der Waals surface area contributed by atoms with Gasteiger partial charge in [-0.3, -0.25) is 11.1 Å². The van der Waals surface area contributed by atoms with Gasteiger partial charge in [0.2, 0.25) is 0 Å². The maximum Gasteiger partial charge on any atom is 0.160 e. The smallest absolute Gasteiger partial charge is 0.160 e. The van der Waals surface area contributed by atoms with Crippen LogP contribution in [-0.2, 0) is 17.0 Å². The molecule has 1 atom stereocenters. The van der Waals surface area contributed by atoms with Gasteiger partial charge in [0.05, 0.1) is 12.3 Å². The van der Waals surface area contributed by atoms with Crippen LogP contribution >= 0.6 is 11.8 Å². The van der Waals surface area contributed by atoms with Crippen molar-refractivity contribution in [3.63, 3.8) is 0 Å². The van der Waals surface area contributed by atoms with Crippen LogP contribution in [-0.4, -0.2) is 44.3 Å². The van der Waals surface area contributed by atoms with E-state index in [-0.39, 0.29) is 6.35 Å². The van der Waals surface area contributed by atoms with Crippen molar-refractivity contribution >= 4 is 11.8 Å². The van der Waals surface area contributed by atoms with Gasteiger partial charge in [0, 0.05) is 18.9 Å². The quantitative estimate of drug-likeness (QED) is 0.501. The highest BCUT2D eigenvalue weighted by molar-refractivity contribution is 7.98. The number of nitrogens with two attached hydrogens (primary N) is 1. The molecular weight excluding hydrogens is 262 g/mol. The fourth-order valence-electron chi connectivity index (χ4n) is 1.58. The first-order chi connectivity index (χ1) is 9.11. The van der Waals surface area contributed by atoms with E-state index < -0.39 is 0 Å². The minimum Gasteiger partial charge on any atom is -0.464 e. The summed E-state index contributed by atoms with van der Waals surface area (Å²) in [6.07, 6.45) is -0.360. The van der Waals surface area contributed by atoms with Gasteiger partial charge in [0.1, 0.15) is 11.5 Å². The normalized spacial score (nSPS) is 13.1. The Morgan fingerprint density at radius 2 is 2.16 bits per heavy atom. The largest absolute Gasteiger partial charge is 0.464 e. The summed E-state index contributed by atoms with van der Waals surface area (Å²) in [6, 6.07) is 4.09. The lowest BCUT2D eigenvalue weighted by Gasteiger charge is -2.12. The van der Waals surface area contributed by atoms with Crippen LogP contribution in [0.3, 0.4) is 0 Å². The zero-order chi connectivity index (χ0) is 14.1. The van der Waals surface area contributed by atoms with Crippen molar-refractivity contribution in [3.8, 4) is 0 Å². The summed E-state index contributed by atoms with van der Waals surface area (Å²) in [7, 11) is 4.06. The van der Waals surface area contributed by atoms with Crippen LogP contribution in [0.5, 0.6) is 0 Å². The van der Waals surface area contributed by atoms with Gasteiger partial charge < -0.3 is 14.1 Å². The minimum absolute atomic E-state index is 0.360. The van der Waals surface area contributed by atoms with Crippen LogP contribution in [0.25, 0.3) is 0 Å². The van der Waals surface area contributed by atoms with E-state index in [0.717, 1.165) is 36.1 Å². The molecule has 0 saturated carbocycles. The van der Waals surface area contributed by atoms with Crippen molar-refractivity contribution in [1.29, 1.82) is 0 Å². The Morgan fingerprint density at radius 1 is 1.42 bits per heavy atom. The summed E-state index contributed by atoms with van der Waals surface area (Å²) < 4.78 is 10.9. The average molecular weight is 287 g/mol. The Balaban J connectivity index is 2.10. The van der Waals surface area contributed by atoms with Gasteiger partial charge in [0.15, 0.2) is 6.35 Å². The summed E-state index contributed by atoms with van der Waals surface area (Å²) in [4.78, 5) is 2.09. The molecule has 0 saturated heterocycles. The number of ether oxygens (including phenoxy) is 1. The monoisotopic (exact) mass is 287 g/mol. The second-order valence-corrected chi connectivity index (χ2v) is 5.59. The fourth-order valence-corrected chi connectivity index (χ4v) is 2.34. The van der Waals surface area contributed by atoms with Gasteiger partial charge in [-0.1, -0.05) is 0 Å². The molecule has 0 aliphatic heterocycles. The van der Waals surface area contributed by atoms with Crippen LogP contribution in [0.4, 0.5) is 0 Å². The van der Waals surface area contributed by atoms with Crippen LogP contribution < -0.4 is 11.1 Å². The third-order valence-corrected chi connectivity index (χ3v) is 3.35. The summed E-state index contributed by atoms with van der Waals surface area (Å²) in [5, 5.41) is 3.10. The molecule has 0 radical (unpaired) electrons. The van der Waals surface area contributed by atoms with E-state index in [2.05, 4.69) is 10.2 Å². The zero-order valence-corrected chi connectivity index (χ0v) is 12.8. The number of furan rings is 1. The van der Waals surface area contributed by atoms with Crippen molar-refractivity contribution in [2.24, 2.45) is 5.73 Å². The van der Waals surface area contributed by atoms with E-state index in [0.29, 0.717) is 6.61 Å². The van der Waals surface area contributed by atoms with E-state index in [9.17, 15) is 0 Å². The van der Waals surface area contributed by atoms with Crippen LogP contribution in [0.15, 0.2) is 16.5 Å². The lowest BCUT2D eigenvalue weighted by molar-refractivity contribution is 0.0447. The van der Waals surface area contributed by atoms with Gasteiger partial charge in [-0.25, -0.2) is 0 Å². The number of nitrogens with zero attached hydrogens (tertiary/aromatic N) is 1. The van der Waals surface area contributed by atoms with Crippen molar-refractivity contribution in [1.82, 2.24) is 10.2 Å². The lowest BCUT2D eigenvalue weighted by Crippen LogP contribution is -2.40. The molecule has 19 heavy (non-hydrogen) atoms. The summed E-state index contributed by atoms with van der Waals surface area (Å²) in [6.45, 7) is 4.23. The minimum atomic E-state index is -0.360. The van der Waals surface area contributed by atoms with Crippen molar-refractivity contribution in [3.05, 3.63) is 23.7 Å². The molecule has 1 heterocycles. The van der Waals surface area contributed by atoms with Gasteiger partial charge in [-0.15, -0.1) is 0 Å². The van der Waals surface area contributed by atoms with Gasteiger partial charge >= 0.3 is 0 Å². The Hall–Kier alpha value is -0.530. The van der Waals surface area contributed by atoms with Crippen molar-refractivity contribution < 1.29 is 9.15 Å². The van der Waals surface area contributed by atoms with E-state index >= 15 is 0 Å². The van der Waals surface area contributed by atoms with Crippen LogP contribution in [0.2, 0.25) is 0 Å². The van der Waals surface area contributed by atoms with E-state index in [1.165, 1.54) is 0 Å². The highest BCUT2D eigenvalue weighted by atomic mass is 32.2. The number of thioether (sulfide) groups is 1. The third kappa shape index (κ3) is 7.59. The molecule has 0 spiro atoms. The molecule has 0 aliphatic carbocycles. The molecule has 1 aromatic rings. The molecule has 0 aliphatic rings. The average Bonchev–Trinajstić information content (AvgIpc) is 2.75. The van der Waals surface area contributed by atoms with Gasteiger partial charge in [0.25, 0.3) is 0 Å². The maximum absolute atomic E-state index is 5.73. The van der Waals surface area contributed by atoms with Gasteiger partial charge in [-0.05, 0) is 33.2 Å². The Morgan fingerprint density at radius 3 is 2.84 bits per heavy atom. The highest BCUT2D eigenvalue weighted by Gasteiger charge is 2.04. The van der Waals surface area contributed by atoms with Gasteiger partial charge in [-0.2, -0.15) is 11.8 Å². The predicted octanol–water partition coefficient (Wildman–Crippen LogP) is 1.44. The van der Waals surface area contributed by atoms with Crippen molar-refractivity contribution in [2.45, 2.75) is 25.6 Å². The summed E-state index contributed by atoms with van der Waals surface area (Å²) in [5.74, 6) is 3.90. The van der Waals surface area contributed by atoms with E-state index in [1.807, 2.05) is 44.9 Å². The Kier molecular flexibility index (Phi) is 8.16. The highest BCUT2D eigenvalue weighted by Crippen LogP contribution is 2.15. The molecular formula is C13H25N3O2S. The summed E-state index contributed by atoms with van der Waals surface area (Å²) in [5.41, 5.74) is 5.66. The zero-order valence-electron chi connectivity index (χ0n) is 12.0. The molecule has 0 aromatic carbocycles. The molecule has 110 valence electrons. The SMILES string of the molecule is CCOC(N)NCCSCc1ccc(CN(C)C)o1. The molecule has 0 fully saturated rings. The second kappa shape index (κ2) is 9.39. The molecule has 6 heteroatoms. The Labute approximate surface area is 119 Å². The first kappa shape index (κ1) is 16.5. The first-order valence-corrected chi connectivity index (χ1v) is 7.68. The van der Waals surface area contributed by atoms with E-state index in [4.69, 9.17) is 14.9 Å². The molecule has 1 unspecified atom stereocenters. The molecule has 1 rings (SSSR count). The number of rotatable bonds is 10. The maximum atomic E-state index is 5.73. The Bertz CT molecular complexity index is 344. The topological polar surface area (TPSA) is 63.7 Å². The standard InChI is InChI=1S/C13H25N3O2S/c1-4-17-13(14)15-7-8-19-10-12-6-5-11(18-12)9-16(2)3/h5-6,13,15H,4,7-10,14H2,1-3H3. The third-order valence-electron chi connectivity index (χ3n) is 2.37. The molecule has 5 nitrogen and oxygen atoms in total. The van der Waals surface area contributed by atoms with Crippen LogP contribution in [0, 0.1) is 0 Å². The fraction of sp³-hybridized carbons (Fsp3) is 0.692. The van der Waals surface area contributed by atoms with E-state index in [1.54, 1.807) is 0 Å². The van der Waals surface area contributed by atoms with Crippen molar-refractivity contribution in [2.75, 3.05) is 33.0 Å². The molecule has 3 N–H and O–H groups in total. The molecule has 1 aromatic heterocycles. The number of hydrogen-bond donors (Lipinski definition) is 2. The number of nitrogens with one attached hydrogen (secondary N) is 1. The second-order valence-electron chi connectivity index (χ2n) is 4.49. The van der Waals surface area contributed by atoms with Crippen LogP contribution in [0.1, 0.15) is 18.4 Å². The molecule has 0 amide bonds. The lowest BCUT2D eigenvalue weighted by atomic mass is 10.4. The summed E-state index contributed by atoms with van der Waals surface area (Å²) >= 11 is 1.82. The first-order valence-electron chi connectivity index (χ1n) is 6.52. The molecule has 0 bridgehead atoms. The predicted molar refractivity (Wildman–Crippen MR) is 79.9 cm³/mol. The number of hydrogen-bond acceptors (Lipinski definition) is 6.